The second-order valence-corrected chi connectivity index (χ2v) is 5.29. The van der Waals surface area contributed by atoms with Crippen LogP contribution in [-0.4, -0.2) is 33.4 Å². The summed E-state index contributed by atoms with van der Waals surface area (Å²) < 4.78 is 26.3. The Labute approximate surface area is 81.5 Å². The third-order valence-electron chi connectivity index (χ3n) is 2.19. The van der Waals surface area contributed by atoms with E-state index in [9.17, 15) is 8.42 Å². The second-order valence-electron chi connectivity index (χ2n) is 3.32. The summed E-state index contributed by atoms with van der Waals surface area (Å²) in [4.78, 5) is 0. The Morgan fingerprint density at radius 3 is 2.00 bits per heavy atom. The Morgan fingerprint density at radius 2 is 1.69 bits per heavy atom. The fraction of sp³-hybridized carbons (Fsp3) is 1.00. The van der Waals surface area contributed by atoms with Crippen LogP contribution >= 0.6 is 0 Å². The van der Waals surface area contributed by atoms with Crippen molar-refractivity contribution in [3.8, 4) is 0 Å². The lowest BCUT2D eigenvalue weighted by atomic mass is 10.0. The minimum Gasteiger partial charge on any atom is -0.202 e. The Kier molecular flexibility index (Phi) is 5.51. The molecule has 13 heavy (non-hydrogen) atoms. The van der Waals surface area contributed by atoms with Crippen LogP contribution in [0.3, 0.4) is 0 Å². The van der Waals surface area contributed by atoms with Gasteiger partial charge in [0.25, 0.3) is 10.2 Å². The average Bonchev–Trinajstić information content (AvgIpc) is 2.06. The second kappa shape index (κ2) is 5.57. The maximum Gasteiger partial charge on any atom is 0.278 e. The van der Waals surface area contributed by atoms with Crippen molar-refractivity contribution < 1.29 is 8.42 Å². The van der Waals surface area contributed by atoms with E-state index in [4.69, 9.17) is 0 Å². The van der Waals surface area contributed by atoms with Crippen molar-refractivity contribution >= 4 is 10.2 Å². The minimum atomic E-state index is -3.23. The van der Waals surface area contributed by atoms with E-state index in [2.05, 4.69) is 18.6 Å². The highest BCUT2D eigenvalue weighted by Gasteiger charge is 2.14. The molecule has 0 radical (unpaired) electrons. The first-order chi connectivity index (χ1) is 5.94. The van der Waals surface area contributed by atoms with Crippen molar-refractivity contribution in [1.29, 1.82) is 0 Å². The number of hydrogen-bond donors (Lipinski definition) is 1. The van der Waals surface area contributed by atoms with Gasteiger partial charge in [-0.2, -0.15) is 12.7 Å². The van der Waals surface area contributed by atoms with E-state index in [0.717, 1.165) is 12.8 Å². The molecule has 0 bridgehead atoms. The molecular formula is C8H20N2O2S. The molecule has 0 aliphatic carbocycles. The first kappa shape index (κ1) is 12.9. The molecule has 4 nitrogen and oxygen atoms in total. The van der Waals surface area contributed by atoms with Gasteiger partial charge in [-0.1, -0.05) is 26.7 Å². The molecule has 0 heterocycles. The smallest absolute Gasteiger partial charge is 0.202 e. The molecule has 0 saturated heterocycles. The van der Waals surface area contributed by atoms with Crippen LogP contribution in [0.25, 0.3) is 0 Å². The van der Waals surface area contributed by atoms with Gasteiger partial charge in [0.15, 0.2) is 0 Å². The summed E-state index contributed by atoms with van der Waals surface area (Å²) in [5.74, 6) is 0.440. The molecule has 0 saturated carbocycles. The van der Waals surface area contributed by atoms with E-state index in [0.29, 0.717) is 12.5 Å². The molecule has 0 amide bonds. The fourth-order valence-electron chi connectivity index (χ4n) is 0.930. The highest BCUT2D eigenvalue weighted by molar-refractivity contribution is 7.87. The molecule has 0 fully saturated rings. The third-order valence-corrected chi connectivity index (χ3v) is 3.68. The summed E-state index contributed by atoms with van der Waals surface area (Å²) in [6.45, 7) is 4.67. The minimum absolute atomic E-state index is 0.440. The third kappa shape index (κ3) is 4.59. The van der Waals surface area contributed by atoms with Gasteiger partial charge in [0.05, 0.1) is 0 Å². The van der Waals surface area contributed by atoms with Crippen LogP contribution in [0, 0.1) is 5.92 Å². The van der Waals surface area contributed by atoms with Crippen molar-refractivity contribution in [3.63, 3.8) is 0 Å². The van der Waals surface area contributed by atoms with Gasteiger partial charge in [-0.3, -0.25) is 0 Å². The highest BCUT2D eigenvalue weighted by Crippen LogP contribution is 2.05. The van der Waals surface area contributed by atoms with Crippen molar-refractivity contribution in [1.82, 2.24) is 9.03 Å². The standard InChI is InChI=1S/C8H20N2O2S/c1-5-8(6-2)7-9-13(11,12)10(3)4/h8-9H,5-7H2,1-4H3. The number of hydrogen-bond acceptors (Lipinski definition) is 2. The van der Waals surface area contributed by atoms with Gasteiger partial charge in [-0.05, 0) is 5.92 Å². The molecule has 0 unspecified atom stereocenters. The number of rotatable bonds is 6. The quantitative estimate of drug-likeness (QED) is 0.702. The largest absolute Gasteiger partial charge is 0.278 e. The first-order valence-corrected chi connectivity index (χ1v) is 6.05. The van der Waals surface area contributed by atoms with Gasteiger partial charge < -0.3 is 0 Å². The zero-order chi connectivity index (χ0) is 10.5. The van der Waals surface area contributed by atoms with Gasteiger partial charge in [-0.25, -0.2) is 4.72 Å². The monoisotopic (exact) mass is 208 g/mol. The van der Waals surface area contributed by atoms with E-state index in [1.165, 1.54) is 18.4 Å². The number of nitrogens with zero attached hydrogens (tertiary/aromatic N) is 1. The molecule has 0 aromatic heterocycles. The summed E-state index contributed by atoms with van der Waals surface area (Å²) in [7, 11) is -0.184. The van der Waals surface area contributed by atoms with Gasteiger partial charge in [0, 0.05) is 20.6 Å². The molecule has 5 heteroatoms. The number of nitrogens with one attached hydrogen (secondary N) is 1. The normalized spacial score (nSPS) is 12.8. The summed E-state index contributed by atoms with van der Waals surface area (Å²) in [6.07, 6.45) is 2.01. The summed E-state index contributed by atoms with van der Waals surface area (Å²) in [6, 6.07) is 0. The summed E-state index contributed by atoms with van der Waals surface area (Å²) >= 11 is 0. The van der Waals surface area contributed by atoms with Crippen LogP contribution in [0.5, 0.6) is 0 Å². The molecule has 0 aromatic rings. The molecule has 0 rings (SSSR count). The molecule has 80 valence electrons. The molecule has 0 atom stereocenters. The van der Waals surface area contributed by atoms with Crippen LogP contribution in [0.1, 0.15) is 26.7 Å². The fourth-order valence-corrected chi connectivity index (χ4v) is 1.63. The predicted octanol–water partition coefficient (Wildman–Crippen LogP) is 0.819. The average molecular weight is 208 g/mol. The zero-order valence-electron chi connectivity index (χ0n) is 8.87. The highest BCUT2D eigenvalue weighted by atomic mass is 32.2. The van der Waals surface area contributed by atoms with E-state index >= 15 is 0 Å². The van der Waals surface area contributed by atoms with Gasteiger partial charge in [0.1, 0.15) is 0 Å². The molecular weight excluding hydrogens is 188 g/mol. The van der Waals surface area contributed by atoms with E-state index in [1.54, 1.807) is 0 Å². The molecule has 0 spiro atoms. The Morgan fingerprint density at radius 1 is 1.23 bits per heavy atom. The van der Waals surface area contributed by atoms with Crippen LogP contribution in [0.15, 0.2) is 0 Å². The van der Waals surface area contributed by atoms with Gasteiger partial charge in [0.2, 0.25) is 0 Å². The predicted molar refractivity (Wildman–Crippen MR) is 54.7 cm³/mol. The maximum atomic E-state index is 11.3. The molecule has 0 aliphatic heterocycles. The van der Waals surface area contributed by atoms with Crippen LogP contribution in [0.2, 0.25) is 0 Å². The lowest BCUT2D eigenvalue weighted by Crippen LogP contribution is -2.38. The van der Waals surface area contributed by atoms with Gasteiger partial charge in [-0.15, -0.1) is 0 Å². The van der Waals surface area contributed by atoms with Crippen molar-refractivity contribution in [2.75, 3.05) is 20.6 Å². The molecule has 1 N–H and O–H groups in total. The lowest BCUT2D eigenvalue weighted by Gasteiger charge is -2.16. The topological polar surface area (TPSA) is 49.4 Å². The maximum absolute atomic E-state index is 11.3. The summed E-state index contributed by atoms with van der Waals surface area (Å²) in [5, 5.41) is 0. The van der Waals surface area contributed by atoms with Crippen molar-refractivity contribution in [2.45, 2.75) is 26.7 Å². The lowest BCUT2D eigenvalue weighted by molar-refractivity contribution is 0.458. The molecule has 0 aliphatic rings. The Hall–Kier alpha value is -0.130. The zero-order valence-corrected chi connectivity index (χ0v) is 9.69. The van der Waals surface area contributed by atoms with Crippen LogP contribution < -0.4 is 4.72 Å². The van der Waals surface area contributed by atoms with E-state index in [-0.39, 0.29) is 0 Å². The van der Waals surface area contributed by atoms with Crippen molar-refractivity contribution in [2.24, 2.45) is 5.92 Å². The molecule has 0 aromatic carbocycles. The Bertz CT molecular complexity index is 220. The SMILES string of the molecule is CCC(CC)CNS(=O)(=O)N(C)C. The van der Waals surface area contributed by atoms with Crippen molar-refractivity contribution in [3.05, 3.63) is 0 Å². The summed E-state index contributed by atoms with van der Waals surface area (Å²) in [5.41, 5.74) is 0. The van der Waals surface area contributed by atoms with Crippen LogP contribution in [-0.2, 0) is 10.2 Å². The van der Waals surface area contributed by atoms with E-state index in [1.807, 2.05) is 0 Å². The van der Waals surface area contributed by atoms with Crippen LogP contribution in [0.4, 0.5) is 0 Å². The first-order valence-electron chi connectivity index (χ1n) is 4.61. The van der Waals surface area contributed by atoms with Gasteiger partial charge >= 0.3 is 0 Å². The van der Waals surface area contributed by atoms with E-state index < -0.39 is 10.2 Å². The Balaban J connectivity index is 4.01.